The quantitative estimate of drug-likeness (QED) is 0.709. The number of carboxylic acid groups (broad SMARTS) is 1. The van der Waals surface area contributed by atoms with E-state index in [2.05, 4.69) is 10.3 Å². The van der Waals surface area contributed by atoms with Crippen LogP contribution in [-0.2, 0) is 9.31 Å². The van der Waals surface area contributed by atoms with Crippen molar-refractivity contribution in [2.45, 2.75) is 51.1 Å². The van der Waals surface area contributed by atoms with Gasteiger partial charge in [0.05, 0.1) is 30.9 Å². The Balaban J connectivity index is 1.81. The molecule has 0 aromatic carbocycles. The molecule has 2 saturated heterocycles. The van der Waals surface area contributed by atoms with Crippen molar-refractivity contribution >= 4 is 24.6 Å². The van der Waals surface area contributed by atoms with E-state index in [-0.39, 0.29) is 24.5 Å². The number of nitrogens with one attached hydrogen (secondary N) is 1. The SMILES string of the molecule is COc1ncc(B2OC(C)(C)C(C)(C)O2)cc1C(=O)N[C@@H]1CN(C(=O)O)C[C@H]1F. The minimum atomic E-state index is -1.50. The van der Waals surface area contributed by atoms with E-state index in [9.17, 15) is 14.0 Å². The van der Waals surface area contributed by atoms with Crippen molar-refractivity contribution in [1.82, 2.24) is 15.2 Å². The number of ether oxygens (including phenoxy) is 1. The van der Waals surface area contributed by atoms with Crippen LogP contribution in [0.5, 0.6) is 5.88 Å². The van der Waals surface area contributed by atoms with Crippen molar-refractivity contribution in [3.63, 3.8) is 0 Å². The van der Waals surface area contributed by atoms with Crippen LogP contribution in [0.15, 0.2) is 12.3 Å². The maximum absolute atomic E-state index is 14.1. The molecule has 0 saturated carbocycles. The third-order valence-electron chi connectivity index (χ3n) is 5.67. The molecule has 3 rings (SSSR count). The molecule has 2 aliphatic heterocycles. The summed E-state index contributed by atoms with van der Waals surface area (Å²) in [4.78, 5) is 28.9. The van der Waals surface area contributed by atoms with Gasteiger partial charge < -0.3 is 29.4 Å². The van der Waals surface area contributed by atoms with Crippen molar-refractivity contribution in [2.24, 2.45) is 0 Å². The van der Waals surface area contributed by atoms with E-state index in [0.717, 1.165) is 4.90 Å². The average molecular weight is 409 g/mol. The first-order valence-electron chi connectivity index (χ1n) is 9.27. The molecule has 0 radical (unpaired) electrons. The Hall–Kier alpha value is -2.40. The molecule has 0 spiro atoms. The van der Waals surface area contributed by atoms with Gasteiger partial charge in [-0.05, 0) is 33.8 Å². The fourth-order valence-electron chi connectivity index (χ4n) is 3.20. The Bertz CT molecular complexity index is 805. The highest BCUT2D eigenvalue weighted by Gasteiger charge is 2.52. The third kappa shape index (κ3) is 4.02. The predicted molar refractivity (Wildman–Crippen MR) is 102 cm³/mol. The Labute approximate surface area is 168 Å². The van der Waals surface area contributed by atoms with Gasteiger partial charge in [0.25, 0.3) is 5.91 Å². The molecule has 9 nitrogen and oxygen atoms in total. The first-order chi connectivity index (χ1) is 13.4. The number of alkyl halides is 1. The minimum absolute atomic E-state index is 0.0614. The van der Waals surface area contributed by atoms with Gasteiger partial charge in [-0.25, -0.2) is 14.2 Å². The van der Waals surface area contributed by atoms with E-state index in [1.54, 1.807) is 0 Å². The lowest BCUT2D eigenvalue weighted by Gasteiger charge is -2.32. The van der Waals surface area contributed by atoms with Crippen molar-refractivity contribution in [3.05, 3.63) is 17.8 Å². The number of carbonyl (C=O) groups is 2. The lowest BCUT2D eigenvalue weighted by molar-refractivity contribution is 0.00578. The zero-order chi connectivity index (χ0) is 21.6. The molecule has 2 aliphatic rings. The van der Waals surface area contributed by atoms with Crippen LogP contribution in [0.25, 0.3) is 0 Å². The predicted octanol–water partition coefficient (Wildman–Crippen LogP) is 0.819. The van der Waals surface area contributed by atoms with Crippen molar-refractivity contribution in [1.29, 1.82) is 0 Å². The summed E-state index contributed by atoms with van der Waals surface area (Å²) in [5.41, 5.74) is -0.525. The maximum Gasteiger partial charge on any atom is 0.496 e. The number of likely N-dealkylation sites (tertiary alicyclic amines) is 1. The number of halogens is 1. The molecule has 2 amide bonds. The number of aromatic nitrogens is 1. The van der Waals surface area contributed by atoms with E-state index < -0.39 is 42.5 Å². The summed E-state index contributed by atoms with van der Waals surface area (Å²) in [5, 5.41) is 11.5. The van der Waals surface area contributed by atoms with Gasteiger partial charge in [0.1, 0.15) is 11.7 Å². The molecule has 1 aromatic rings. The van der Waals surface area contributed by atoms with Crippen molar-refractivity contribution < 1.29 is 33.1 Å². The number of amides is 2. The molecule has 29 heavy (non-hydrogen) atoms. The Kier molecular flexibility index (Phi) is 5.48. The lowest BCUT2D eigenvalue weighted by atomic mass is 9.79. The number of hydrogen-bond acceptors (Lipinski definition) is 6. The van der Waals surface area contributed by atoms with Gasteiger partial charge in [-0.3, -0.25) is 4.79 Å². The number of rotatable bonds is 4. The number of hydrogen-bond donors (Lipinski definition) is 2. The molecule has 0 aliphatic carbocycles. The molecule has 1 aromatic heterocycles. The summed E-state index contributed by atoms with van der Waals surface area (Å²) in [6.07, 6.45) is -1.23. The number of carbonyl (C=O) groups excluding carboxylic acids is 1. The summed E-state index contributed by atoms with van der Waals surface area (Å²) in [6.45, 7) is 7.22. The van der Waals surface area contributed by atoms with Gasteiger partial charge in [0, 0.05) is 18.2 Å². The molecule has 3 heterocycles. The number of nitrogens with zero attached hydrogens (tertiary/aromatic N) is 2. The van der Waals surface area contributed by atoms with Crippen LogP contribution >= 0.6 is 0 Å². The molecule has 2 N–H and O–H groups in total. The molecule has 2 fully saturated rings. The normalized spacial score (nSPS) is 25.2. The highest BCUT2D eigenvalue weighted by molar-refractivity contribution is 6.62. The van der Waals surface area contributed by atoms with E-state index in [0.29, 0.717) is 5.46 Å². The third-order valence-corrected chi connectivity index (χ3v) is 5.67. The van der Waals surface area contributed by atoms with Crippen molar-refractivity contribution in [3.8, 4) is 5.88 Å². The number of pyridine rings is 1. The summed E-state index contributed by atoms with van der Waals surface area (Å²) in [7, 11) is 0.639. The fourth-order valence-corrected chi connectivity index (χ4v) is 3.20. The molecule has 11 heteroatoms. The molecule has 0 bridgehead atoms. The average Bonchev–Trinajstić information content (AvgIpc) is 3.10. The van der Waals surface area contributed by atoms with Crippen LogP contribution in [-0.4, -0.2) is 77.7 Å². The zero-order valence-electron chi connectivity index (χ0n) is 17.1. The van der Waals surface area contributed by atoms with Gasteiger partial charge in [-0.2, -0.15) is 0 Å². The molecule has 158 valence electrons. The van der Waals surface area contributed by atoms with Crippen LogP contribution in [0, 0.1) is 0 Å². The fraction of sp³-hybridized carbons (Fsp3) is 0.611. The summed E-state index contributed by atoms with van der Waals surface area (Å²) < 4.78 is 31.3. The van der Waals surface area contributed by atoms with Gasteiger partial charge in [0.15, 0.2) is 0 Å². The van der Waals surface area contributed by atoms with Gasteiger partial charge >= 0.3 is 13.2 Å². The first-order valence-corrected chi connectivity index (χ1v) is 9.27. The lowest BCUT2D eigenvalue weighted by Crippen LogP contribution is -2.42. The van der Waals surface area contributed by atoms with Gasteiger partial charge in [0.2, 0.25) is 5.88 Å². The second-order valence-electron chi connectivity index (χ2n) is 8.20. The monoisotopic (exact) mass is 409 g/mol. The zero-order valence-corrected chi connectivity index (χ0v) is 17.1. The molecule has 0 unspecified atom stereocenters. The molecular weight excluding hydrogens is 384 g/mol. The highest BCUT2D eigenvalue weighted by atomic mass is 19.1. The van der Waals surface area contributed by atoms with E-state index in [1.807, 2.05) is 27.7 Å². The summed E-state index contributed by atoms with van der Waals surface area (Å²) >= 11 is 0. The van der Waals surface area contributed by atoms with Gasteiger partial charge in [-0.15, -0.1) is 0 Å². The largest absolute Gasteiger partial charge is 0.496 e. The number of methoxy groups -OCH3 is 1. The second-order valence-corrected chi connectivity index (χ2v) is 8.20. The van der Waals surface area contributed by atoms with Crippen LogP contribution in [0.2, 0.25) is 0 Å². The molecular formula is C18H25BFN3O6. The van der Waals surface area contributed by atoms with E-state index >= 15 is 0 Å². The van der Waals surface area contributed by atoms with E-state index in [1.165, 1.54) is 19.4 Å². The topological polar surface area (TPSA) is 110 Å². The standard InChI is InChI=1S/C18H25BFN3O6/c1-17(2)18(3,4)29-19(28-17)10-6-11(15(27-5)21-7-10)14(24)22-13-9-23(16(25)26)8-12(13)20/h6-7,12-13H,8-9H2,1-5H3,(H,22,24)(H,25,26)/t12-,13-/m1/s1. The van der Waals surface area contributed by atoms with Crippen LogP contribution in [0.3, 0.4) is 0 Å². The van der Waals surface area contributed by atoms with E-state index in [4.69, 9.17) is 19.2 Å². The molecule has 2 atom stereocenters. The highest BCUT2D eigenvalue weighted by Crippen LogP contribution is 2.36. The van der Waals surface area contributed by atoms with Crippen LogP contribution in [0.1, 0.15) is 38.1 Å². The Morgan fingerprint density at radius 2 is 1.93 bits per heavy atom. The summed E-state index contributed by atoms with van der Waals surface area (Å²) in [6, 6.07) is 0.573. The van der Waals surface area contributed by atoms with Crippen molar-refractivity contribution in [2.75, 3.05) is 20.2 Å². The minimum Gasteiger partial charge on any atom is -0.480 e. The second kappa shape index (κ2) is 7.45. The first kappa shape index (κ1) is 21.3. The smallest absolute Gasteiger partial charge is 0.480 e. The summed E-state index contributed by atoms with van der Waals surface area (Å²) in [5.74, 6) is -0.557. The maximum atomic E-state index is 14.1. The van der Waals surface area contributed by atoms with Gasteiger partial charge in [-0.1, -0.05) is 0 Å². The Morgan fingerprint density at radius 3 is 2.45 bits per heavy atom. The Morgan fingerprint density at radius 1 is 1.31 bits per heavy atom. The van der Waals surface area contributed by atoms with Crippen LogP contribution < -0.4 is 15.5 Å². The van der Waals surface area contributed by atoms with Crippen LogP contribution in [0.4, 0.5) is 9.18 Å².